The second-order valence-electron chi connectivity index (χ2n) is 8.34. The summed E-state index contributed by atoms with van der Waals surface area (Å²) in [5, 5.41) is 5.32. The average Bonchev–Trinajstić information content (AvgIpc) is 3.56. The van der Waals surface area contributed by atoms with E-state index in [0.29, 0.717) is 11.4 Å². The predicted octanol–water partition coefficient (Wildman–Crippen LogP) is 2.45. The van der Waals surface area contributed by atoms with E-state index in [4.69, 9.17) is 0 Å². The van der Waals surface area contributed by atoms with Gasteiger partial charge < -0.3 is 10.6 Å². The van der Waals surface area contributed by atoms with Crippen LogP contribution in [0.15, 0.2) is 53.4 Å². The zero-order valence-corrected chi connectivity index (χ0v) is 18.5. The zero-order chi connectivity index (χ0) is 23.1. The molecule has 9 nitrogen and oxygen atoms in total. The first-order valence-corrected chi connectivity index (χ1v) is 11.7. The first-order valence-electron chi connectivity index (χ1n) is 10.2. The van der Waals surface area contributed by atoms with Crippen molar-refractivity contribution >= 4 is 39.2 Å². The number of nitrogens with zero attached hydrogens (tertiary/aromatic N) is 1. The highest BCUT2D eigenvalue weighted by Crippen LogP contribution is 2.42. The number of anilines is 2. The van der Waals surface area contributed by atoms with Gasteiger partial charge in [0.15, 0.2) is 0 Å². The summed E-state index contributed by atoms with van der Waals surface area (Å²) in [6.07, 6.45) is 1.76. The van der Waals surface area contributed by atoms with Crippen molar-refractivity contribution in [3.63, 3.8) is 0 Å². The molecular formula is C22H24N4O5S. The Morgan fingerprint density at radius 2 is 1.66 bits per heavy atom. The summed E-state index contributed by atoms with van der Waals surface area (Å²) in [6, 6.07) is 12.0. The summed E-state index contributed by atoms with van der Waals surface area (Å²) < 4.78 is 27.4. The molecule has 1 aliphatic heterocycles. The molecule has 2 aromatic rings. The molecule has 0 radical (unpaired) electrons. The van der Waals surface area contributed by atoms with Gasteiger partial charge >= 0.3 is 6.03 Å². The molecule has 0 aromatic heterocycles. The van der Waals surface area contributed by atoms with Gasteiger partial charge in [0.2, 0.25) is 5.91 Å². The van der Waals surface area contributed by atoms with Crippen LogP contribution in [0.5, 0.6) is 0 Å². The second-order valence-corrected chi connectivity index (χ2v) is 10.0. The fourth-order valence-electron chi connectivity index (χ4n) is 3.69. The first-order chi connectivity index (χ1) is 15.1. The monoisotopic (exact) mass is 456 g/mol. The van der Waals surface area contributed by atoms with Crippen molar-refractivity contribution in [2.75, 3.05) is 16.6 Å². The number of amides is 4. The standard InChI is InChI=1S/C22H24N4O5S/c1-14-3-11-18(12-4-14)32(30,31)25-17-9-7-16(8-10-17)23-19(27)13-26-20(28)22(2,15-5-6-15)24-21(26)29/h3-4,7-12,15,25H,5-6,13H2,1-2H3,(H,23,27)(H,24,29). The van der Waals surface area contributed by atoms with Crippen molar-refractivity contribution in [3.05, 3.63) is 54.1 Å². The lowest BCUT2D eigenvalue weighted by atomic mass is 9.96. The van der Waals surface area contributed by atoms with Crippen molar-refractivity contribution in [3.8, 4) is 0 Å². The van der Waals surface area contributed by atoms with Crippen molar-refractivity contribution in [1.29, 1.82) is 0 Å². The number of imide groups is 1. The molecule has 168 valence electrons. The van der Waals surface area contributed by atoms with E-state index in [9.17, 15) is 22.8 Å². The molecule has 4 rings (SSSR count). The summed E-state index contributed by atoms with van der Waals surface area (Å²) in [5.41, 5.74) is 0.755. The number of nitrogens with one attached hydrogen (secondary N) is 3. The maximum absolute atomic E-state index is 12.6. The predicted molar refractivity (Wildman–Crippen MR) is 118 cm³/mol. The second kappa shape index (κ2) is 7.94. The molecule has 2 aliphatic rings. The molecule has 1 aliphatic carbocycles. The van der Waals surface area contributed by atoms with Gasteiger partial charge in [-0.3, -0.25) is 19.2 Å². The maximum atomic E-state index is 12.6. The lowest BCUT2D eigenvalue weighted by Gasteiger charge is -2.20. The largest absolute Gasteiger partial charge is 0.325 e. The van der Waals surface area contributed by atoms with Crippen LogP contribution in [-0.2, 0) is 19.6 Å². The van der Waals surface area contributed by atoms with E-state index in [1.807, 2.05) is 6.92 Å². The molecule has 0 spiro atoms. The number of sulfonamides is 1. The summed E-state index contributed by atoms with van der Waals surface area (Å²) in [5.74, 6) is -0.800. The minimum Gasteiger partial charge on any atom is -0.325 e. The molecular weight excluding hydrogens is 432 g/mol. The van der Waals surface area contributed by atoms with Gasteiger partial charge in [-0.1, -0.05) is 17.7 Å². The highest BCUT2D eigenvalue weighted by atomic mass is 32.2. The summed E-state index contributed by atoms with van der Waals surface area (Å²) in [6.45, 7) is 3.17. The number of carbonyl (C=O) groups excluding carboxylic acids is 3. The Labute approximate surface area is 186 Å². The molecule has 1 saturated heterocycles. The molecule has 1 atom stereocenters. The van der Waals surface area contributed by atoms with Crippen LogP contribution < -0.4 is 15.4 Å². The maximum Gasteiger partial charge on any atom is 0.325 e. The van der Waals surface area contributed by atoms with Crippen LogP contribution >= 0.6 is 0 Å². The summed E-state index contributed by atoms with van der Waals surface area (Å²) in [4.78, 5) is 38.3. The molecule has 0 bridgehead atoms. The average molecular weight is 457 g/mol. The number of carbonyl (C=O) groups is 3. The number of rotatable bonds is 7. The van der Waals surface area contributed by atoms with Crippen LogP contribution in [0.4, 0.5) is 16.2 Å². The Kier molecular flexibility index (Phi) is 5.41. The molecule has 2 aromatic carbocycles. The van der Waals surface area contributed by atoms with Crippen LogP contribution in [0.25, 0.3) is 0 Å². The van der Waals surface area contributed by atoms with E-state index in [0.717, 1.165) is 23.3 Å². The lowest BCUT2D eigenvalue weighted by molar-refractivity contribution is -0.134. The Morgan fingerprint density at radius 3 is 2.25 bits per heavy atom. The Balaban J connectivity index is 1.36. The van der Waals surface area contributed by atoms with Crippen LogP contribution in [0.3, 0.4) is 0 Å². The van der Waals surface area contributed by atoms with Gasteiger partial charge in [-0.15, -0.1) is 0 Å². The van der Waals surface area contributed by atoms with E-state index >= 15 is 0 Å². The number of hydrogen-bond donors (Lipinski definition) is 3. The third-order valence-electron chi connectivity index (χ3n) is 5.75. The van der Waals surface area contributed by atoms with Crippen LogP contribution in [0.2, 0.25) is 0 Å². The number of benzene rings is 2. The normalized spacial score (nSPS) is 20.8. The van der Waals surface area contributed by atoms with Crippen LogP contribution in [0, 0.1) is 12.8 Å². The number of aryl methyl sites for hydroxylation is 1. The summed E-state index contributed by atoms with van der Waals surface area (Å²) in [7, 11) is -3.73. The first kappa shape index (κ1) is 21.8. The number of urea groups is 1. The molecule has 1 unspecified atom stereocenters. The molecule has 1 heterocycles. The van der Waals surface area contributed by atoms with Gasteiger partial charge in [-0.05, 0) is 69.0 Å². The SMILES string of the molecule is Cc1ccc(S(=O)(=O)Nc2ccc(NC(=O)CN3C(=O)NC(C)(C4CC4)C3=O)cc2)cc1. The van der Waals surface area contributed by atoms with Crippen LogP contribution in [0.1, 0.15) is 25.3 Å². The van der Waals surface area contributed by atoms with Crippen molar-refractivity contribution in [2.24, 2.45) is 5.92 Å². The lowest BCUT2D eigenvalue weighted by Crippen LogP contribution is -2.46. The van der Waals surface area contributed by atoms with Gasteiger partial charge in [-0.25, -0.2) is 13.2 Å². The van der Waals surface area contributed by atoms with Gasteiger partial charge in [0.05, 0.1) is 4.90 Å². The molecule has 2 fully saturated rings. The van der Waals surface area contributed by atoms with Crippen LogP contribution in [-0.4, -0.2) is 43.2 Å². The van der Waals surface area contributed by atoms with E-state index < -0.39 is 34.0 Å². The third-order valence-corrected chi connectivity index (χ3v) is 7.15. The van der Waals surface area contributed by atoms with Gasteiger partial charge in [0.1, 0.15) is 12.1 Å². The van der Waals surface area contributed by atoms with Crippen molar-refractivity contribution in [1.82, 2.24) is 10.2 Å². The minimum absolute atomic E-state index is 0.114. The molecule has 3 N–H and O–H groups in total. The highest BCUT2D eigenvalue weighted by Gasteiger charge is 2.56. The van der Waals surface area contributed by atoms with E-state index in [2.05, 4.69) is 15.4 Å². The zero-order valence-electron chi connectivity index (χ0n) is 17.7. The fraction of sp³-hybridized carbons (Fsp3) is 0.318. The van der Waals surface area contributed by atoms with E-state index in [-0.39, 0.29) is 16.7 Å². The summed E-state index contributed by atoms with van der Waals surface area (Å²) >= 11 is 0. The van der Waals surface area contributed by atoms with Gasteiger partial charge in [0, 0.05) is 11.4 Å². The minimum atomic E-state index is -3.73. The Hall–Kier alpha value is -3.40. The molecule has 4 amide bonds. The smallest absolute Gasteiger partial charge is 0.325 e. The fourth-order valence-corrected chi connectivity index (χ4v) is 4.75. The van der Waals surface area contributed by atoms with E-state index in [1.54, 1.807) is 19.1 Å². The molecule has 32 heavy (non-hydrogen) atoms. The van der Waals surface area contributed by atoms with Crippen molar-refractivity contribution < 1.29 is 22.8 Å². The number of hydrogen-bond acceptors (Lipinski definition) is 5. The third kappa shape index (κ3) is 4.31. The van der Waals surface area contributed by atoms with Gasteiger partial charge in [0.25, 0.3) is 15.9 Å². The van der Waals surface area contributed by atoms with Gasteiger partial charge in [-0.2, -0.15) is 0 Å². The Bertz CT molecular complexity index is 1170. The molecule has 10 heteroatoms. The van der Waals surface area contributed by atoms with E-state index in [1.165, 1.54) is 36.4 Å². The Morgan fingerprint density at radius 1 is 1.06 bits per heavy atom. The van der Waals surface area contributed by atoms with Crippen molar-refractivity contribution in [2.45, 2.75) is 37.1 Å². The topological polar surface area (TPSA) is 125 Å². The quantitative estimate of drug-likeness (QED) is 0.552. The molecule has 1 saturated carbocycles. The highest BCUT2D eigenvalue weighted by molar-refractivity contribution is 7.92.